The Kier molecular flexibility index (Phi) is 5.56. The molecule has 4 heteroatoms. The molecule has 0 spiro atoms. The van der Waals surface area contributed by atoms with E-state index in [9.17, 15) is 0 Å². The van der Waals surface area contributed by atoms with Gasteiger partial charge in [-0.1, -0.05) is 20.8 Å². The predicted molar refractivity (Wildman–Crippen MR) is 73.3 cm³/mol. The van der Waals surface area contributed by atoms with E-state index in [1.165, 1.54) is 5.01 Å². The average Bonchev–Trinajstić information content (AvgIpc) is 2.58. The number of hydrogen-bond donors (Lipinski definition) is 1. The van der Waals surface area contributed by atoms with Crippen LogP contribution in [0.2, 0.25) is 0 Å². The first-order valence-electron chi connectivity index (χ1n) is 6.15. The molecule has 1 N–H and O–H groups in total. The molecule has 1 aromatic heterocycles. The molecule has 0 aromatic carbocycles. The zero-order chi connectivity index (χ0) is 12.9. The van der Waals surface area contributed by atoms with Gasteiger partial charge in [0.15, 0.2) is 0 Å². The molecule has 0 amide bonds. The van der Waals surface area contributed by atoms with E-state index >= 15 is 0 Å². The Labute approximate surface area is 108 Å². The molecule has 0 aliphatic rings. The van der Waals surface area contributed by atoms with Gasteiger partial charge < -0.3 is 5.11 Å². The van der Waals surface area contributed by atoms with Gasteiger partial charge in [0, 0.05) is 30.8 Å². The third kappa shape index (κ3) is 6.15. The maximum Gasteiger partial charge on any atom is 0.107 e. The summed E-state index contributed by atoms with van der Waals surface area (Å²) in [6, 6.07) is 0. The van der Waals surface area contributed by atoms with E-state index in [1.54, 1.807) is 11.3 Å². The smallest absolute Gasteiger partial charge is 0.107 e. The Hall–Kier alpha value is -0.450. The summed E-state index contributed by atoms with van der Waals surface area (Å²) in [4.78, 5) is 6.89. The molecule has 0 radical (unpaired) electrons. The quantitative estimate of drug-likeness (QED) is 0.850. The van der Waals surface area contributed by atoms with Crippen molar-refractivity contribution in [3.05, 3.63) is 16.1 Å². The molecule has 98 valence electrons. The topological polar surface area (TPSA) is 36.4 Å². The van der Waals surface area contributed by atoms with E-state index in [4.69, 9.17) is 5.11 Å². The van der Waals surface area contributed by atoms with E-state index in [2.05, 4.69) is 36.0 Å². The summed E-state index contributed by atoms with van der Waals surface area (Å²) >= 11 is 1.72. The Balaban J connectivity index is 2.56. The van der Waals surface area contributed by atoms with Gasteiger partial charge in [0.2, 0.25) is 0 Å². The van der Waals surface area contributed by atoms with Crippen LogP contribution >= 0.6 is 11.3 Å². The molecule has 0 atom stereocenters. The fourth-order valence-electron chi connectivity index (χ4n) is 1.85. The largest absolute Gasteiger partial charge is 0.396 e. The van der Waals surface area contributed by atoms with Crippen molar-refractivity contribution < 1.29 is 5.11 Å². The number of aryl methyl sites for hydroxylation is 1. The molecule has 0 saturated heterocycles. The summed E-state index contributed by atoms with van der Waals surface area (Å²) in [6.45, 7) is 11.9. The van der Waals surface area contributed by atoms with Gasteiger partial charge in [0.25, 0.3) is 0 Å². The molecule has 0 saturated carbocycles. The van der Waals surface area contributed by atoms with E-state index in [0.29, 0.717) is 0 Å². The van der Waals surface area contributed by atoms with Crippen LogP contribution in [0.15, 0.2) is 5.38 Å². The third-order valence-electron chi connectivity index (χ3n) is 2.36. The SMILES string of the molecule is Cc1csc(CN(CCCO)CC(C)(C)C)n1. The third-order valence-corrected chi connectivity index (χ3v) is 3.31. The number of aliphatic hydroxyl groups excluding tert-OH is 1. The lowest BCUT2D eigenvalue weighted by atomic mass is 9.96. The minimum atomic E-state index is 0.261. The number of aliphatic hydroxyl groups is 1. The van der Waals surface area contributed by atoms with Gasteiger partial charge in [-0.25, -0.2) is 4.98 Å². The van der Waals surface area contributed by atoms with Gasteiger partial charge in [-0.3, -0.25) is 4.90 Å². The Morgan fingerprint density at radius 1 is 1.41 bits per heavy atom. The van der Waals surface area contributed by atoms with Crippen LogP contribution in [-0.4, -0.2) is 34.7 Å². The lowest BCUT2D eigenvalue weighted by Gasteiger charge is -2.29. The lowest BCUT2D eigenvalue weighted by molar-refractivity contribution is 0.166. The highest BCUT2D eigenvalue weighted by Crippen LogP contribution is 2.18. The van der Waals surface area contributed by atoms with Crippen molar-refractivity contribution in [2.24, 2.45) is 5.41 Å². The monoisotopic (exact) mass is 256 g/mol. The molecular formula is C13H24N2OS. The number of aromatic nitrogens is 1. The first-order valence-corrected chi connectivity index (χ1v) is 7.03. The summed E-state index contributed by atoms with van der Waals surface area (Å²) in [5.74, 6) is 0. The number of rotatable bonds is 6. The van der Waals surface area contributed by atoms with E-state index < -0.39 is 0 Å². The Morgan fingerprint density at radius 2 is 2.12 bits per heavy atom. The average molecular weight is 256 g/mol. The van der Waals surface area contributed by atoms with Gasteiger partial charge in [0.1, 0.15) is 5.01 Å². The molecule has 0 unspecified atom stereocenters. The van der Waals surface area contributed by atoms with Crippen molar-refractivity contribution in [1.82, 2.24) is 9.88 Å². The lowest BCUT2D eigenvalue weighted by Crippen LogP contribution is -2.33. The van der Waals surface area contributed by atoms with Gasteiger partial charge in [-0.15, -0.1) is 11.3 Å². The molecule has 1 rings (SSSR count). The fraction of sp³-hybridized carbons (Fsp3) is 0.769. The maximum atomic E-state index is 8.94. The summed E-state index contributed by atoms with van der Waals surface area (Å²) in [5.41, 5.74) is 1.38. The molecule has 3 nitrogen and oxygen atoms in total. The first kappa shape index (κ1) is 14.6. The second kappa shape index (κ2) is 6.47. The normalized spacial score (nSPS) is 12.4. The van der Waals surface area contributed by atoms with Gasteiger partial charge in [-0.2, -0.15) is 0 Å². The predicted octanol–water partition coefficient (Wildman–Crippen LogP) is 2.68. The molecule has 17 heavy (non-hydrogen) atoms. The van der Waals surface area contributed by atoms with Crippen LogP contribution in [0.5, 0.6) is 0 Å². The summed E-state index contributed by atoms with van der Waals surface area (Å²) in [7, 11) is 0. The van der Waals surface area contributed by atoms with Crippen LogP contribution in [-0.2, 0) is 6.54 Å². The summed E-state index contributed by atoms with van der Waals surface area (Å²) in [5, 5.41) is 12.2. The van der Waals surface area contributed by atoms with Crippen molar-refractivity contribution in [1.29, 1.82) is 0 Å². The highest BCUT2D eigenvalue weighted by molar-refractivity contribution is 7.09. The highest BCUT2D eigenvalue weighted by atomic mass is 32.1. The van der Waals surface area contributed by atoms with Crippen molar-refractivity contribution in [3.8, 4) is 0 Å². The van der Waals surface area contributed by atoms with Gasteiger partial charge >= 0.3 is 0 Å². The zero-order valence-corrected chi connectivity index (χ0v) is 12.2. The maximum absolute atomic E-state index is 8.94. The van der Waals surface area contributed by atoms with Crippen LogP contribution in [0, 0.1) is 12.3 Å². The fourth-order valence-corrected chi connectivity index (χ4v) is 2.66. The first-order chi connectivity index (χ1) is 7.90. The number of nitrogens with zero attached hydrogens (tertiary/aromatic N) is 2. The molecule has 0 bridgehead atoms. The van der Waals surface area contributed by atoms with Crippen LogP contribution < -0.4 is 0 Å². The Morgan fingerprint density at radius 3 is 2.59 bits per heavy atom. The van der Waals surface area contributed by atoms with Crippen molar-refractivity contribution >= 4 is 11.3 Å². The highest BCUT2D eigenvalue weighted by Gasteiger charge is 2.17. The van der Waals surface area contributed by atoms with Gasteiger partial charge in [0.05, 0.1) is 6.54 Å². The molecule has 0 aliphatic carbocycles. The van der Waals surface area contributed by atoms with Crippen molar-refractivity contribution in [2.45, 2.75) is 40.7 Å². The number of hydrogen-bond acceptors (Lipinski definition) is 4. The summed E-state index contributed by atoms with van der Waals surface area (Å²) in [6.07, 6.45) is 0.834. The number of thiazole rings is 1. The molecule has 0 aliphatic heterocycles. The standard InChI is InChI=1S/C13H24N2OS/c1-11-9-17-12(14-11)8-15(6-5-7-16)10-13(2,3)4/h9,16H,5-8,10H2,1-4H3. The molecular weight excluding hydrogens is 232 g/mol. The van der Waals surface area contributed by atoms with Crippen molar-refractivity contribution in [3.63, 3.8) is 0 Å². The molecule has 0 fully saturated rings. The zero-order valence-electron chi connectivity index (χ0n) is 11.4. The van der Waals surface area contributed by atoms with Crippen LogP contribution in [0.3, 0.4) is 0 Å². The molecule has 1 heterocycles. The van der Waals surface area contributed by atoms with E-state index in [0.717, 1.165) is 31.7 Å². The van der Waals surface area contributed by atoms with Crippen molar-refractivity contribution in [2.75, 3.05) is 19.7 Å². The van der Waals surface area contributed by atoms with Crippen LogP contribution in [0.25, 0.3) is 0 Å². The van der Waals surface area contributed by atoms with Gasteiger partial charge in [-0.05, 0) is 18.8 Å². The second-order valence-corrected chi connectivity index (χ2v) is 6.67. The van der Waals surface area contributed by atoms with E-state index in [1.807, 2.05) is 6.92 Å². The molecule has 1 aromatic rings. The minimum absolute atomic E-state index is 0.261. The Bertz CT molecular complexity index is 330. The van der Waals surface area contributed by atoms with E-state index in [-0.39, 0.29) is 12.0 Å². The second-order valence-electron chi connectivity index (χ2n) is 5.73. The summed E-state index contributed by atoms with van der Waals surface area (Å²) < 4.78 is 0. The van der Waals surface area contributed by atoms with Crippen LogP contribution in [0.4, 0.5) is 0 Å². The van der Waals surface area contributed by atoms with Crippen LogP contribution in [0.1, 0.15) is 37.9 Å². The minimum Gasteiger partial charge on any atom is -0.396 e.